The smallest absolute Gasteiger partial charge is 0.387 e. The maximum Gasteiger partial charge on any atom is 0.387 e. The number of carbonyl (C=O) groups excluding carboxylic acids is 2. The van der Waals surface area contributed by atoms with Gasteiger partial charge in [-0.25, -0.2) is 0 Å². The molecule has 0 unspecified atom stereocenters. The van der Waals surface area contributed by atoms with Crippen molar-refractivity contribution in [2.24, 2.45) is 0 Å². The Hall–Kier alpha value is -3.26. The van der Waals surface area contributed by atoms with Gasteiger partial charge in [0, 0.05) is 37.9 Å². The molecule has 32 heavy (non-hydrogen) atoms. The van der Waals surface area contributed by atoms with Crippen LogP contribution in [0.25, 0.3) is 6.08 Å². The monoisotopic (exact) mass is 443 g/mol. The maximum atomic E-state index is 12.4. The zero-order chi connectivity index (χ0) is 23.1. The molecule has 0 bridgehead atoms. The minimum Gasteiger partial charge on any atom is -0.435 e. The van der Waals surface area contributed by atoms with Gasteiger partial charge >= 0.3 is 6.61 Å². The van der Waals surface area contributed by atoms with Gasteiger partial charge in [0.1, 0.15) is 5.75 Å². The van der Waals surface area contributed by atoms with Crippen molar-refractivity contribution in [2.45, 2.75) is 20.5 Å². The van der Waals surface area contributed by atoms with Crippen LogP contribution in [0.2, 0.25) is 0 Å². The third-order valence-corrected chi connectivity index (χ3v) is 5.32. The van der Waals surface area contributed by atoms with Gasteiger partial charge in [-0.1, -0.05) is 30.3 Å². The quantitative estimate of drug-likeness (QED) is 0.663. The van der Waals surface area contributed by atoms with Crippen LogP contribution in [0.5, 0.6) is 5.75 Å². The number of ether oxygens (including phenoxy) is 1. The van der Waals surface area contributed by atoms with E-state index in [0.29, 0.717) is 31.7 Å². The molecule has 0 aromatic heterocycles. The molecule has 170 valence electrons. The molecule has 0 spiro atoms. The molecule has 0 radical (unpaired) electrons. The Bertz CT molecular complexity index is 949. The summed E-state index contributed by atoms with van der Waals surface area (Å²) in [6.07, 6.45) is 3.10. The molecule has 0 saturated carbocycles. The maximum absolute atomic E-state index is 12.4. The fraction of sp³-hybridized carbons (Fsp3) is 0.333. The molecular weight excluding hydrogens is 416 g/mol. The first-order chi connectivity index (χ1) is 15.3. The number of rotatable bonds is 7. The molecule has 8 heteroatoms. The standard InChI is InChI=1S/C24H27F2N3O3/c1-17-4-3-5-18(2)23(17)27-21(30)16-28-12-14-29(15-13-28)22(31)11-8-19-6-9-20(10-7-19)32-24(25)26/h3-11,24H,12-16H2,1-2H3,(H,27,30)/b11-8+. The number of halogens is 2. The molecule has 1 N–H and O–H groups in total. The number of hydrogen-bond donors (Lipinski definition) is 1. The number of nitrogens with one attached hydrogen (secondary N) is 1. The average Bonchev–Trinajstić information content (AvgIpc) is 2.76. The molecule has 1 heterocycles. The molecule has 2 aromatic rings. The molecule has 3 rings (SSSR count). The lowest BCUT2D eigenvalue weighted by Gasteiger charge is -2.33. The predicted molar refractivity (Wildman–Crippen MR) is 120 cm³/mol. The first-order valence-electron chi connectivity index (χ1n) is 10.4. The largest absolute Gasteiger partial charge is 0.435 e. The second-order valence-corrected chi connectivity index (χ2v) is 7.70. The molecular formula is C24H27F2N3O3. The van der Waals surface area contributed by atoms with Crippen LogP contribution in [0.15, 0.2) is 48.5 Å². The van der Waals surface area contributed by atoms with Crippen molar-refractivity contribution in [3.8, 4) is 5.75 Å². The minimum atomic E-state index is -2.87. The summed E-state index contributed by atoms with van der Waals surface area (Å²) >= 11 is 0. The Morgan fingerprint density at radius 2 is 1.66 bits per heavy atom. The summed E-state index contributed by atoms with van der Waals surface area (Å²) in [6.45, 7) is 3.62. The van der Waals surface area contributed by atoms with E-state index in [1.165, 1.54) is 18.2 Å². The highest BCUT2D eigenvalue weighted by atomic mass is 19.3. The second-order valence-electron chi connectivity index (χ2n) is 7.70. The predicted octanol–water partition coefficient (Wildman–Crippen LogP) is 3.70. The fourth-order valence-corrected chi connectivity index (χ4v) is 3.55. The van der Waals surface area contributed by atoms with Crippen LogP contribution in [0.3, 0.4) is 0 Å². The SMILES string of the molecule is Cc1cccc(C)c1NC(=O)CN1CCN(C(=O)/C=C/c2ccc(OC(F)F)cc2)CC1. The van der Waals surface area contributed by atoms with E-state index in [0.717, 1.165) is 16.8 Å². The summed E-state index contributed by atoms with van der Waals surface area (Å²) in [6, 6.07) is 12.0. The molecule has 1 fully saturated rings. The van der Waals surface area contributed by atoms with Crippen LogP contribution >= 0.6 is 0 Å². The molecule has 0 aliphatic carbocycles. The van der Waals surface area contributed by atoms with Crippen molar-refractivity contribution in [3.05, 3.63) is 65.2 Å². The lowest BCUT2D eigenvalue weighted by molar-refractivity contribution is -0.127. The van der Waals surface area contributed by atoms with Gasteiger partial charge in [-0.15, -0.1) is 0 Å². The Labute approximate surface area is 186 Å². The summed E-state index contributed by atoms with van der Waals surface area (Å²) in [7, 11) is 0. The highest BCUT2D eigenvalue weighted by Gasteiger charge is 2.21. The van der Waals surface area contributed by atoms with Gasteiger partial charge in [-0.2, -0.15) is 8.78 Å². The number of nitrogens with zero attached hydrogens (tertiary/aromatic N) is 2. The molecule has 0 atom stereocenters. The number of para-hydroxylation sites is 1. The lowest BCUT2D eigenvalue weighted by atomic mass is 10.1. The Morgan fingerprint density at radius 3 is 2.25 bits per heavy atom. The van der Waals surface area contributed by atoms with Crippen LogP contribution in [0.1, 0.15) is 16.7 Å². The van der Waals surface area contributed by atoms with Gasteiger partial charge in [0.05, 0.1) is 6.54 Å². The van der Waals surface area contributed by atoms with Crippen LogP contribution in [0, 0.1) is 13.8 Å². The number of hydrogen-bond acceptors (Lipinski definition) is 4. The third kappa shape index (κ3) is 6.62. The number of alkyl halides is 2. The first-order valence-corrected chi connectivity index (χ1v) is 10.4. The van der Waals surface area contributed by atoms with Crippen molar-refractivity contribution < 1.29 is 23.1 Å². The number of benzene rings is 2. The molecule has 1 saturated heterocycles. The third-order valence-electron chi connectivity index (χ3n) is 5.32. The zero-order valence-corrected chi connectivity index (χ0v) is 18.2. The Balaban J connectivity index is 1.45. The van der Waals surface area contributed by atoms with E-state index in [9.17, 15) is 18.4 Å². The molecule has 6 nitrogen and oxygen atoms in total. The number of amides is 2. The van der Waals surface area contributed by atoms with Crippen molar-refractivity contribution >= 4 is 23.6 Å². The molecule has 1 aliphatic heterocycles. The minimum absolute atomic E-state index is 0.0682. The lowest BCUT2D eigenvalue weighted by Crippen LogP contribution is -2.50. The highest BCUT2D eigenvalue weighted by molar-refractivity contribution is 5.94. The Morgan fingerprint density at radius 1 is 1.03 bits per heavy atom. The van der Waals surface area contributed by atoms with Crippen LogP contribution in [-0.4, -0.2) is 60.9 Å². The van der Waals surface area contributed by atoms with Crippen molar-refractivity contribution in [1.82, 2.24) is 9.80 Å². The van der Waals surface area contributed by atoms with Gasteiger partial charge in [0.2, 0.25) is 11.8 Å². The topological polar surface area (TPSA) is 61.9 Å². The van der Waals surface area contributed by atoms with Crippen LogP contribution < -0.4 is 10.1 Å². The summed E-state index contributed by atoms with van der Waals surface area (Å²) in [5.74, 6) is -0.125. The average molecular weight is 443 g/mol. The van der Waals surface area contributed by atoms with Crippen LogP contribution in [-0.2, 0) is 9.59 Å². The van der Waals surface area contributed by atoms with Gasteiger partial charge < -0.3 is 15.0 Å². The number of carbonyl (C=O) groups is 2. The van der Waals surface area contributed by atoms with Gasteiger partial charge in [0.25, 0.3) is 0 Å². The normalized spacial score (nSPS) is 14.7. The summed E-state index contributed by atoms with van der Waals surface area (Å²) < 4.78 is 28.7. The Kier molecular flexibility index (Phi) is 7.94. The van der Waals surface area contributed by atoms with E-state index in [1.807, 2.05) is 36.9 Å². The summed E-state index contributed by atoms with van der Waals surface area (Å²) in [4.78, 5) is 28.6. The molecule has 2 amide bonds. The van der Waals surface area contributed by atoms with Crippen LogP contribution in [0.4, 0.5) is 14.5 Å². The summed E-state index contributed by atoms with van der Waals surface area (Å²) in [5, 5.41) is 2.99. The van der Waals surface area contributed by atoms with E-state index >= 15 is 0 Å². The van der Waals surface area contributed by atoms with Crippen molar-refractivity contribution in [1.29, 1.82) is 0 Å². The van der Waals surface area contributed by atoms with Gasteiger partial charge in [0.15, 0.2) is 0 Å². The highest BCUT2D eigenvalue weighted by Crippen LogP contribution is 2.19. The number of anilines is 1. The van der Waals surface area contributed by atoms with Crippen molar-refractivity contribution in [2.75, 3.05) is 38.0 Å². The van der Waals surface area contributed by atoms with E-state index < -0.39 is 6.61 Å². The van der Waals surface area contributed by atoms with E-state index in [4.69, 9.17) is 0 Å². The summed E-state index contributed by atoms with van der Waals surface area (Å²) in [5.41, 5.74) is 3.61. The fourth-order valence-electron chi connectivity index (χ4n) is 3.55. The second kappa shape index (κ2) is 10.9. The molecule has 2 aromatic carbocycles. The van der Waals surface area contributed by atoms with E-state index in [1.54, 1.807) is 23.1 Å². The van der Waals surface area contributed by atoms with E-state index in [2.05, 4.69) is 10.1 Å². The number of aryl methyl sites for hydroxylation is 2. The molecule has 1 aliphatic rings. The number of piperazine rings is 1. The first kappa shape index (κ1) is 23.4. The van der Waals surface area contributed by atoms with Gasteiger partial charge in [-0.3, -0.25) is 14.5 Å². The van der Waals surface area contributed by atoms with Crippen molar-refractivity contribution in [3.63, 3.8) is 0 Å². The zero-order valence-electron chi connectivity index (χ0n) is 18.2. The van der Waals surface area contributed by atoms with E-state index in [-0.39, 0.29) is 24.1 Å². The van der Waals surface area contributed by atoms with Gasteiger partial charge in [-0.05, 0) is 48.7 Å².